The van der Waals surface area contributed by atoms with Crippen molar-refractivity contribution in [3.8, 4) is 5.69 Å². The molecule has 6 rings (SSSR count). The molecule has 5 heterocycles. The van der Waals surface area contributed by atoms with E-state index in [0.717, 1.165) is 34.9 Å². The lowest BCUT2D eigenvalue weighted by Crippen LogP contribution is -2.53. The zero-order chi connectivity index (χ0) is 15.2. The maximum absolute atomic E-state index is 5.54. The van der Waals surface area contributed by atoms with Gasteiger partial charge in [-0.3, -0.25) is 0 Å². The first-order valence-corrected chi connectivity index (χ1v) is 8.25. The van der Waals surface area contributed by atoms with Gasteiger partial charge in [-0.2, -0.15) is 5.10 Å². The van der Waals surface area contributed by atoms with Gasteiger partial charge in [0.1, 0.15) is 0 Å². The van der Waals surface area contributed by atoms with E-state index >= 15 is 0 Å². The summed E-state index contributed by atoms with van der Waals surface area (Å²) in [4.78, 5) is 2.54. The van der Waals surface area contributed by atoms with Crippen LogP contribution in [0.2, 0.25) is 0 Å². The Morgan fingerprint density at radius 1 is 1.21 bits per heavy atom. The van der Waals surface area contributed by atoms with Gasteiger partial charge < -0.3 is 14.7 Å². The van der Waals surface area contributed by atoms with Crippen LogP contribution in [0.1, 0.15) is 12.8 Å². The predicted molar refractivity (Wildman–Crippen MR) is 95.0 cm³/mol. The highest BCUT2D eigenvalue weighted by atomic mass is 35.5. The Kier molecular flexibility index (Phi) is 3.94. The third-order valence-electron chi connectivity index (χ3n) is 5.20. The van der Waals surface area contributed by atoms with E-state index in [-0.39, 0.29) is 12.4 Å². The summed E-state index contributed by atoms with van der Waals surface area (Å²) in [5.41, 5.74) is 1.77. The van der Waals surface area contributed by atoms with Gasteiger partial charge in [-0.05, 0) is 50.0 Å². The van der Waals surface area contributed by atoms with Crippen LogP contribution < -0.4 is 5.32 Å². The molecule has 0 spiro atoms. The highest BCUT2D eigenvalue weighted by Crippen LogP contribution is 2.32. The van der Waals surface area contributed by atoms with Crippen molar-refractivity contribution in [1.29, 1.82) is 0 Å². The number of fused-ring (bicyclic) bond motifs is 4. The fraction of sp³-hybridized carbons (Fsp3) is 0.412. The molecule has 0 aliphatic carbocycles. The quantitative estimate of drug-likeness (QED) is 0.791. The second kappa shape index (κ2) is 6.11. The maximum atomic E-state index is 5.54. The normalized spacial score (nSPS) is 25.6. The van der Waals surface area contributed by atoms with Crippen LogP contribution in [0.5, 0.6) is 0 Å². The SMILES string of the molecule is Cl.c1cnn(-c2ccc3c(NC4CN5CCC4CC5)noc3c2)c1. The van der Waals surface area contributed by atoms with Crippen LogP contribution in [0.25, 0.3) is 16.7 Å². The van der Waals surface area contributed by atoms with Crippen molar-refractivity contribution >= 4 is 29.2 Å². The molecular formula is C17H20ClN5O. The monoisotopic (exact) mass is 345 g/mol. The minimum atomic E-state index is 0. The first kappa shape index (κ1) is 15.5. The van der Waals surface area contributed by atoms with Crippen LogP contribution >= 0.6 is 12.4 Å². The Labute approximate surface area is 146 Å². The summed E-state index contributed by atoms with van der Waals surface area (Å²) in [5, 5.41) is 13.2. The number of hydrogen-bond donors (Lipinski definition) is 1. The number of halogens is 1. The van der Waals surface area contributed by atoms with Gasteiger partial charge in [0, 0.05) is 31.0 Å². The molecule has 3 aromatic rings. The van der Waals surface area contributed by atoms with Crippen molar-refractivity contribution in [3.63, 3.8) is 0 Å². The molecule has 2 bridgehead atoms. The minimum absolute atomic E-state index is 0. The van der Waals surface area contributed by atoms with E-state index < -0.39 is 0 Å². The maximum Gasteiger partial charge on any atom is 0.177 e. The Bertz CT molecular complexity index is 823. The number of aromatic nitrogens is 3. The third kappa shape index (κ3) is 2.56. The average molecular weight is 346 g/mol. The Balaban J connectivity index is 0.00000146. The lowest BCUT2D eigenvalue weighted by atomic mass is 9.84. The topological polar surface area (TPSA) is 59.1 Å². The van der Waals surface area contributed by atoms with E-state index in [1.807, 2.05) is 29.1 Å². The van der Waals surface area contributed by atoms with Crippen LogP contribution in [0.15, 0.2) is 41.2 Å². The highest BCUT2D eigenvalue weighted by Gasteiger charge is 2.34. The summed E-state index contributed by atoms with van der Waals surface area (Å²) in [6.45, 7) is 3.61. The number of nitrogens with zero attached hydrogens (tertiary/aromatic N) is 4. The average Bonchev–Trinajstić information content (AvgIpc) is 3.26. The summed E-state index contributed by atoms with van der Waals surface area (Å²) >= 11 is 0. The molecule has 0 saturated carbocycles. The molecule has 1 atom stereocenters. The second-order valence-corrected chi connectivity index (χ2v) is 6.55. The summed E-state index contributed by atoms with van der Waals surface area (Å²) in [5.74, 6) is 1.63. The van der Waals surface area contributed by atoms with Gasteiger partial charge in [0.15, 0.2) is 11.4 Å². The van der Waals surface area contributed by atoms with Crippen LogP contribution in [0, 0.1) is 5.92 Å². The summed E-state index contributed by atoms with van der Waals surface area (Å²) < 4.78 is 7.36. The van der Waals surface area contributed by atoms with Gasteiger partial charge in [0.25, 0.3) is 0 Å². The van der Waals surface area contributed by atoms with Crippen molar-refractivity contribution in [3.05, 3.63) is 36.7 Å². The van der Waals surface area contributed by atoms with Crippen molar-refractivity contribution in [1.82, 2.24) is 19.8 Å². The van der Waals surface area contributed by atoms with Crippen LogP contribution in [-0.4, -0.2) is 45.5 Å². The lowest BCUT2D eigenvalue weighted by Gasteiger charge is -2.44. The van der Waals surface area contributed by atoms with Gasteiger partial charge >= 0.3 is 0 Å². The Morgan fingerprint density at radius 2 is 2.08 bits per heavy atom. The highest BCUT2D eigenvalue weighted by molar-refractivity contribution is 5.89. The van der Waals surface area contributed by atoms with Gasteiger partial charge in [0.05, 0.1) is 11.1 Å². The van der Waals surface area contributed by atoms with E-state index in [9.17, 15) is 0 Å². The molecule has 1 unspecified atom stereocenters. The first-order chi connectivity index (χ1) is 11.4. The molecule has 6 nitrogen and oxygen atoms in total. The van der Waals surface area contributed by atoms with Crippen molar-refractivity contribution in [2.45, 2.75) is 18.9 Å². The van der Waals surface area contributed by atoms with E-state index in [1.165, 1.54) is 25.9 Å². The zero-order valence-electron chi connectivity index (χ0n) is 13.3. The molecule has 3 saturated heterocycles. The number of nitrogens with one attached hydrogen (secondary N) is 1. The molecule has 126 valence electrons. The molecule has 1 N–H and O–H groups in total. The van der Waals surface area contributed by atoms with E-state index in [0.29, 0.717) is 6.04 Å². The predicted octanol–water partition coefficient (Wildman–Crippen LogP) is 2.94. The van der Waals surface area contributed by atoms with Crippen LogP contribution in [-0.2, 0) is 0 Å². The van der Waals surface area contributed by atoms with E-state index in [4.69, 9.17) is 4.52 Å². The first-order valence-electron chi connectivity index (χ1n) is 8.25. The standard InChI is InChI=1S/C17H19N5O.ClH/c1-6-18-22(7-1)13-2-3-14-16(10-13)23-20-17(14)19-15-11-21-8-4-12(15)5-9-21;/h1-3,6-7,10,12,15H,4-5,8-9,11H2,(H,19,20);1H. The number of anilines is 1. The van der Waals surface area contributed by atoms with Crippen molar-refractivity contribution in [2.75, 3.05) is 25.0 Å². The van der Waals surface area contributed by atoms with Crippen LogP contribution in [0.4, 0.5) is 5.82 Å². The Hall–Kier alpha value is -2.05. The fourth-order valence-electron chi connectivity index (χ4n) is 3.90. The summed E-state index contributed by atoms with van der Waals surface area (Å²) in [6.07, 6.45) is 6.27. The number of hydrogen-bond acceptors (Lipinski definition) is 5. The minimum Gasteiger partial charge on any atom is -0.362 e. The van der Waals surface area contributed by atoms with E-state index in [2.05, 4.69) is 26.5 Å². The molecule has 7 heteroatoms. The molecular weight excluding hydrogens is 326 g/mol. The third-order valence-corrected chi connectivity index (χ3v) is 5.20. The van der Waals surface area contributed by atoms with Crippen molar-refractivity contribution in [2.24, 2.45) is 5.92 Å². The number of rotatable bonds is 3. The smallest absolute Gasteiger partial charge is 0.177 e. The van der Waals surface area contributed by atoms with Gasteiger partial charge in [-0.25, -0.2) is 4.68 Å². The van der Waals surface area contributed by atoms with E-state index in [1.54, 1.807) is 6.20 Å². The fourth-order valence-corrected chi connectivity index (χ4v) is 3.90. The second-order valence-electron chi connectivity index (χ2n) is 6.55. The molecule has 0 amide bonds. The van der Waals surface area contributed by atoms with Gasteiger partial charge in [-0.15, -0.1) is 12.4 Å². The molecule has 0 radical (unpaired) electrons. The molecule has 1 aromatic carbocycles. The number of benzene rings is 1. The molecule has 2 aromatic heterocycles. The van der Waals surface area contributed by atoms with Gasteiger partial charge in [0.2, 0.25) is 0 Å². The summed E-state index contributed by atoms with van der Waals surface area (Å²) in [6, 6.07) is 8.49. The molecule has 3 fully saturated rings. The molecule has 3 aliphatic heterocycles. The molecule has 24 heavy (non-hydrogen) atoms. The van der Waals surface area contributed by atoms with Crippen LogP contribution in [0.3, 0.4) is 0 Å². The lowest BCUT2D eigenvalue weighted by molar-refractivity contribution is 0.0973. The number of piperidine rings is 3. The molecule has 3 aliphatic rings. The van der Waals surface area contributed by atoms with Gasteiger partial charge in [-0.1, -0.05) is 5.16 Å². The zero-order valence-corrected chi connectivity index (χ0v) is 14.1. The Morgan fingerprint density at radius 3 is 2.79 bits per heavy atom. The largest absolute Gasteiger partial charge is 0.362 e. The van der Waals surface area contributed by atoms with Crippen molar-refractivity contribution < 1.29 is 4.52 Å². The summed E-state index contributed by atoms with van der Waals surface area (Å²) in [7, 11) is 0.